The highest BCUT2D eigenvalue weighted by Gasteiger charge is 2.13. The van der Waals surface area contributed by atoms with Crippen molar-refractivity contribution in [2.75, 3.05) is 0 Å². The first kappa shape index (κ1) is 12.7. The van der Waals surface area contributed by atoms with Crippen LogP contribution in [-0.4, -0.2) is 0 Å². The lowest BCUT2D eigenvalue weighted by molar-refractivity contribution is 0.561. The van der Waals surface area contributed by atoms with Crippen LogP contribution in [0.5, 0.6) is 0 Å². The van der Waals surface area contributed by atoms with E-state index in [1.807, 2.05) is 31.2 Å². The molecular formula is C15H15F2N. The number of nitrogens with two attached hydrogens (primary N) is 1. The summed E-state index contributed by atoms with van der Waals surface area (Å²) < 4.78 is 26.6. The van der Waals surface area contributed by atoms with E-state index in [2.05, 4.69) is 0 Å². The van der Waals surface area contributed by atoms with Gasteiger partial charge in [-0.3, -0.25) is 0 Å². The maximum absolute atomic E-state index is 13.5. The normalized spacial score (nSPS) is 12.4. The Balaban J connectivity index is 2.18. The summed E-state index contributed by atoms with van der Waals surface area (Å²) >= 11 is 0. The van der Waals surface area contributed by atoms with Crippen LogP contribution in [0.25, 0.3) is 0 Å². The number of halogens is 2. The minimum absolute atomic E-state index is 0.218. The molecule has 0 aliphatic carbocycles. The van der Waals surface area contributed by atoms with Crippen LogP contribution in [0.4, 0.5) is 8.78 Å². The third kappa shape index (κ3) is 2.93. The zero-order chi connectivity index (χ0) is 13.1. The molecule has 1 nitrogen and oxygen atoms in total. The van der Waals surface area contributed by atoms with Gasteiger partial charge in [-0.1, -0.05) is 29.8 Å². The number of hydrogen-bond donors (Lipinski definition) is 1. The van der Waals surface area contributed by atoms with Crippen LogP contribution < -0.4 is 5.73 Å². The molecule has 2 N–H and O–H groups in total. The zero-order valence-electron chi connectivity index (χ0n) is 10.2. The van der Waals surface area contributed by atoms with E-state index in [-0.39, 0.29) is 5.56 Å². The molecule has 2 aromatic carbocycles. The molecule has 2 rings (SSSR count). The molecule has 18 heavy (non-hydrogen) atoms. The average Bonchev–Trinajstić information content (AvgIpc) is 2.35. The zero-order valence-corrected chi connectivity index (χ0v) is 10.2. The summed E-state index contributed by atoms with van der Waals surface area (Å²) in [6, 6.07) is 10.7. The van der Waals surface area contributed by atoms with Crippen LogP contribution in [-0.2, 0) is 6.42 Å². The van der Waals surface area contributed by atoms with Gasteiger partial charge in [-0.15, -0.1) is 0 Å². The largest absolute Gasteiger partial charge is 0.324 e. The first-order valence-corrected chi connectivity index (χ1v) is 5.82. The lowest BCUT2D eigenvalue weighted by Crippen LogP contribution is -2.15. The summed E-state index contributed by atoms with van der Waals surface area (Å²) in [4.78, 5) is 0. The van der Waals surface area contributed by atoms with Gasteiger partial charge in [-0.25, -0.2) is 8.78 Å². The molecule has 0 amide bonds. The summed E-state index contributed by atoms with van der Waals surface area (Å²) in [6.45, 7) is 2.00. The van der Waals surface area contributed by atoms with Crippen molar-refractivity contribution in [1.82, 2.24) is 0 Å². The summed E-state index contributed by atoms with van der Waals surface area (Å²) in [5, 5.41) is 0. The molecule has 94 valence electrons. The monoisotopic (exact) mass is 247 g/mol. The Morgan fingerprint density at radius 2 is 1.72 bits per heavy atom. The number of hydrogen-bond acceptors (Lipinski definition) is 1. The lowest BCUT2D eigenvalue weighted by Gasteiger charge is -2.13. The van der Waals surface area contributed by atoms with Crippen LogP contribution >= 0.6 is 0 Å². The van der Waals surface area contributed by atoms with Crippen molar-refractivity contribution >= 4 is 0 Å². The fourth-order valence-electron chi connectivity index (χ4n) is 1.89. The van der Waals surface area contributed by atoms with Crippen molar-refractivity contribution in [3.05, 3.63) is 70.8 Å². The molecule has 0 spiro atoms. The van der Waals surface area contributed by atoms with Crippen molar-refractivity contribution in [3.8, 4) is 0 Å². The van der Waals surface area contributed by atoms with Gasteiger partial charge in [0.25, 0.3) is 0 Å². The molecule has 0 fully saturated rings. The fourth-order valence-corrected chi connectivity index (χ4v) is 1.89. The molecular weight excluding hydrogens is 232 g/mol. The van der Waals surface area contributed by atoms with Crippen molar-refractivity contribution in [3.63, 3.8) is 0 Å². The van der Waals surface area contributed by atoms with E-state index in [0.717, 1.165) is 29.3 Å². The van der Waals surface area contributed by atoms with Gasteiger partial charge in [-0.2, -0.15) is 0 Å². The van der Waals surface area contributed by atoms with Crippen molar-refractivity contribution in [2.24, 2.45) is 5.73 Å². The Kier molecular flexibility index (Phi) is 3.72. The second kappa shape index (κ2) is 5.27. The van der Waals surface area contributed by atoms with Gasteiger partial charge in [0.15, 0.2) is 0 Å². The molecule has 0 bridgehead atoms. The standard InChI is InChI=1S/C15H15F2N/c1-10-2-4-11(5-3-10)8-15(18)13-9-12(16)6-7-14(13)17/h2-7,9,15H,8,18H2,1H3. The predicted molar refractivity (Wildman–Crippen MR) is 68.2 cm³/mol. The SMILES string of the molecule is Cc1ccc(CC(N)c2cc(F)ccc2F)cc1. The highest BCUT2D eigenvalue weighted by molar-refractivity contribution is 5.27. The fraction of sp³-hybridized carbons (Fsp3) is 0.200. The Hall–Kier alpha value is -1.74. The Morgan fingerprint density at radius 3 is 2.39 bits per heavy atom. The molecule has 1 atom stereocenters. The molecule has 0 aliphatic rings. The summed E-state index contributed by atoms with van der Waals surface area (Å²) in [5.74, 6) is -0.929. The second-order valence-electron chi connectivity index (χ2n) is 4.46. The Morgan fingerprint density at radius 1 is 1.06 bits per heavy atom. The summed E-state index contributed by atoms with van der Waals surface area (Å²) in [5.41, 5.74) is 8.31. The van der Waals surface area contributed by atoms with E-state index in [4.69, 9.17) is 5.73 Å². The van der Waals surface area contributed by atoms with Crippen LogP contribution in [0.3, 0.4) is 0 Å². The maximum atomic E-state index is 13.5. The van der Waals surface area contributed by atoms with Crippen LogP contribution in [0.15, 0.2) is 42.5 Å². The van der Waals surface area contributed by atoms with E-state index in [9.17, 15) is 8.78 Å². The van der Waals surface area contributed by atoms with Crippen molar-refractivity contribution in [2.45, 2.75) is 19.4 Å². The molecule has 2 aromatic rings. The Labute approximate surface area is 105 Å². The van der Waals surface area contributed by atoms with Gasteiger partial charge in [0.2, 0.25) is 0 Å². The second-order valence-corrected chi connectivity index (χ2v) is 4.46. The highest BCUT2D eigenvalue weighted by atomic mass is 19.1. The third-order valence-corrected chi connectivity index (χ3v) is 2.93. The predicted octanol–water partition coefficient (Wildman–Crippen LogP) is 3.52. The number of rotatable bonds is 3. The van der Waals surface area contributed by atoms with Crippen LogP contribution in [0.2, 0.25) is 0 Å². The van der Waals surface area contributed by atoms with Crippen LogP contribution in [0, 0.1) is 18.6 Å². The topological polar surface area (TPSA) is 26.0 Å². The number of aryl methyl sites for hydroxylation is 1. The Bertz CT molecular complexity index is 535. The van der Waals surface area contributed by atoms with Gasteiger partial charge >= 0.3 is 0 Å². The quantitative estimate of drug-likeness (QED) is 0.882. The maximum Gasteiger partial charge on any atom is 0.128 e. The van der Waals surface area contributed by atoms with E-state index in [0.29, 0.717) is 6.42 Å². The molecule has 0 radical (unpaired) electrons. The smallest absolute Gasteiger partial charge is 0.128 e. The molecule has 0 aromatic heterocycles. The number of benzene rings is 2. The molecule has 3 heteroatoms. The lowest BCUT2D eigenvalue weighted by atomic mass is 9.98. The van der Waals surface area contributed by atoms with E-state index < -0.39 is 17.7 Å². The summed E-state index contributed by atoms with van der Waals surface area (Å²) in [7, 11) is 0. The van der Waals surface area contributed by atoms with Crippen molar-refractivity contribution in [1.29, 1.82) is 0 Å². The van der Waals surface area contributed by atoms with Gasteiger partial charge in [-0.05, 0) is 37.1 Å². The molecule has 0 aliphatic heterocycles. The molecule has 1 unspecified atom stereocenters. The van der Waals surface area contributed by atoms with Crippen LogP contribution in [0.1, 0.15) is 22.7 Å². The van der Waals surface area contributed by atoms with Gasteiger partial charge in [0.1, 0.15) is 11.6 Å². The third-order valence-electron chi connectivity index (χ3n) is 2.93. The molecule has 0 saturated heterocycles. The first-order chi connectivity index (χ1) is 8.56. The van der Waals surface area contributed by atoms with E-state index in [1.54, 1.807) is 0 Å². The average molecular weight is 247 g/mol. The van der Waals surface area contributed by atoms with E-state index in [1.165, 1.54) is 0 Å². The van der Waals surface area contributed by atoms with Gasteiger partial charge in [0.05, 0.1) is 0 Å². The molecule has 0 saturated carbocycles. The summed E-state index contributed by atoms with van der Waals surface area (Å²) in [6.07, 6.45) is 0.487. The highest BCUT2D eigenvalue weighted by Crippen LogP contribution is 2.20. The first-order valence-electron chi connectivity index (χ1n) is 5.82. The van der Waals surface area contributed by atoms with Crippen molar-refractivity contribution < 1.29 is 8.78 Å². The minimum atomic E-state index is -0.539. The van der Waals surface area contributed by atoms with Gasteiger partial charge in [0, 0.05) is 11.6 Å². The van der Waals surface area contributed by atoms with E-state index >= 15 is 0 Å². The van der Waals surface area contributed by atoms with Gasteiger partial charge < -0.3 is 5.73 Å². The minimum Gasteiger partial charge on any atom is -0.324 e. The molecule has 0 heterocycles.